The van der Waals surface area contributed by atoms with Crippen molar-refractivity contribution in [3.05, 3.63) is 107 Å². The maximum Gasteiger partial charge on any atom is 0.235 e. The molecule has 10 nitrogen and oxygen atoms in total. The lowest BCUT2D eigenvalue weighted by atomic mass is 9.61. The Balaban J connectivity index is 1.58. The molecule has 1 fully saturated rings. The summed E-state index contributed by atoms with van der Waals surface area (Å²) in [6, 6.07) is 25.8. The molecule has 1 saturated carbocycles. The number of aliphatic hydroxyl groups is 1. The molecule has 4 aromatic rings. The van der Waals surface area contributed by atoms with Crippen LogP contribution in [0.4, 0.5) is 11.4 Å². The van der Waals surface area contributed by atoms with Crippen molar-refractivity contribution in [2.75, 3.05) is 32.0 Å². The van der Waals surface area contributed by atoms with Crippen LogP contribution in [0, 0.1) is 11.8 Å². The number of hydrogen-bond donors (Lipinski definition) is 3. The Bertz CT molecular complexity index is 1810. The third-order valence-electron chi connectivity index (χ3n) is 8.48. The molecule has 0 spiro atoms. The third kappa shape index (κ3) is 7.25. The number of carbonyl (C=O) groups is 3. The molecule has 4 aromatic carbocycles. The number of ether oxygens (including phenoxy) is 4. The normalized spacial score (nSPS) is 20.4. The first-order chi connectivity index (χ1) is 23.1. The minimum Gasteiger partial charge on any atom is -0.495 e. The third-order valence-corrected chi connectivity index (χ3v) is 8.84. The van der Waals surface area contributed by atoms with Crippen molar-refractivity contribution in [1.82, 2.24) is 0 Å². The molecule has 3 N–H and O–H groups in total. The second-order valence-corrected chi connectivity index (χ2v) is 12.1. The summed E-state index contributed by atoms with van der Waals surface area (Å²) in [5, 5.41) is 18.0. The van der Waals surface area contributed by atoms with Crippen molar-refractivity contribution in [1.29, 1.82) is 0 Å². The van der Waals surface area contributed by atoms with Crippen molar-refractivity contribution in [2.24, 2.45) is 11.8 Å². The van der Waals surface area contributed by atoms with Gasteiger partial charge in [-0.1, -0.05) is 60.1 Å². The average molecular weight is 673 g/mol. The molecule has 2 amide bonds. The Morgan fingerprint density at radius 1 is 0.792 bits per heavy atom. The fourth-order valence-corrected chi connectivity index (χ4v) is 6.38. The zero-order valence-corrected chi connectivity index (χ0v) is 27.7. The van der Waals surface area contributed by atoms with Crippen LogP contribution in [0.3, 0.4) is 0 Å². The van der Waals surface area contributed by atoms with Gasteiger partial charge in [-0.3, -0.25) is 14.4 Å². The molecule has 1 aliphatic carbocycles. The first kappa shape index (κ1) is 34.3. The van der Waals surface area contributed by atoms with Gasteiger partial charge in [0.2, 0.25) is 11.8 Å². The van der Waals surface area contributed by atoms with E-state index in [4.69, 9.17) is 30.5 Å². The molecule has 0 saturated heterocycles. The Labute approximate surface area is 283 Å². The van der Waals surface area contributed by atoms with Crippen LogP contribution in [0.15, 0.2) is 91.0 Å². The maximum absolute atomic E-state index is 14.2. The van der Waals surface area contributed by atoms with Gasteiger partial charge >= 0.3 is 0 Å². The van der Waals surface area contributed by atoms with E-state index < -0.39 is 47.4 Å². The Hall–Kier alpha value is -5.06. The number of amides is 2. The van der Waals surface area contributed by atoms with Crippen LogP contribution < -0.4 is 29.6 Å². The van der Waals surface area contributed by atoms with Crippen molar-refractivity contribution >= 4 is 40.6 Å². The van der Waals surface area contributed by atoms with Gasteiger partial charge in [0.05, 0.1) is 44.2 Å². The van der Waals surface area contributed by atoms with Crippen LogP contribution in [-0.2, 0) is 21.0 Å². The van der Waals surface area contributed by atoms with Gasteiger partial charge in [0.15, 0.2) is 11.5 Å². The van der Waals surface area contributed by atoms with Crippen molar-refractivity contribution in [2.45, 2.75) is 31.5 Å². The van der Waals surface area contributed by atoms with E-state index in [2.05, 4.69) is 10.6 Å². The van der Waals surface area contributed by atoms with Gasteiger partial charge in [0.1, 0.15) is 29.8 Å². The SMILES string of the molecule is COc1ccccc1NC(=O)C1C(=O)CC(C)(O)C(C(=O)Nc2ccccc2OC)C1c1ccc(OCc2ccccc2Cl)c(OC)c1. The van der Waals surface area contributed by atoms with Crippen molar-refractivity contribution in [3.63, 3.8) is 0 Å². The lowest BCUT2D eigenvalue weighted by Gasteiger charge is -2.44. The number of rotatable bonds is 11. The molecular weight excluding hydrogens is 636 g/mol. The fraction of sp³-hybridized carbons (Fsp3) is 0.270. The van der Waals surface area contributed by atoms with Gasteiger partial charge in [0, 0.05) is 22.9 Å². The van der Waals surface area contributed by atoms with Crippen LogP contribution in [0.5, 0.6) is 23.0 Å². The zero-order chi connectivity index (χ0) is 34.4. The number of anilines is 2. The first-order valence-corrected chi connectivity index (χ1v) is 15.6. The molecule has 0 aromatic heterocycles. The molecule has 4 atom stereocenters. The van der Waals surface area contributed by atoms with Crippen molar-refractivity contribution < 1.29 is 38.4 Å². The summed E-state index contributed by atoms with van der Waals surface area (Å²) >= 11 is 6.32. The van der Waals surface area contributed by atoms with E-state index >= 15 is 0 Å². The number of halogens is 1. The standard InChI is InChI=1S/C37H37ClN2O8/c1-37(44)20-27(41)33(35(42)39-25-13-7-9-15-28(25)45-2)32(34(37)36(43)40-26-14-8-10-16-29(26)46-3)22-17-18-30(31(19-22)47-4)48-21-23-11-5-6-12-24(23)38/h5-19,32-34,44H,20-21H2,1-4H3,(H,39,42)(H,40,43). The van der Waals surface area contributed by atoms with Gasteiger partial charge < -0.3 is 34.7 Å². The summed E-state index contributed by atoms with van der Waals surface area (Å²) in [6.07, 6.45) is -0.437. The molecule has 11 heteroatoms. The highest BCUT2D eigenvalue weighted by Crippen LogP contribution is 2.48. The van der Waals surface area contributed by atoms with Crippen LogP contribution in [0.1, 0.15) is 30.4 Å². The van der Waals surface area contributed by atoms with E-state index in [0.29, 0.717) is 45.0 Å². The van der Waals surface area contributed by atoms with E-state index in [1.807, 2.05) is 18.2 Å². The number of methoxy groups -OCH3 is 3. The number of ketones is 1. The Morgan fingerprint density at radius 2 is 1.35 bits per heavy atom. The molecule has 0 aliphatic heterocycles. The van der Waals surface area contributed by atoms with E-state index in [1.165, 1.54) is 28.3 Å². The quantitative estimate of drug-likeness (QED) is 0.159. The highest BCUT2D eigenvalue weighted by Gasteiger charge is 2.56. The highest BCUT2D eigenvalue weighted by molar-refractivity contribution is 6.31. The predicted octanol–water partition coefficient (Wildman–Crippen LogP) is 6.26. The van der Waals surface area contributed by atoms with E-state index in [-0.39, 0.29) is 6.61 Å². The molecule has 0 heterocycles. The topological polar surface area (TPSA) is 132 Å². The molecular formula is C37H37ClN2O8. The number of para-hydroxylation sites is 4. The largest absolute Gasteiger partial charge is 0.495 e. The lowest BCUT2D eigenvalue weighted by molar-refractivity contribution is -0.150. The van der Waals surface area contributed by atoms with Gasteiger partial charge in [-0.2, -0.15) is 0 Å². The number of nitrogens with one attached hydrogen (secondary N) is 2. The number of hydrogen-bond acceptors (Lipinski definition) is 8. The predicted molar refractivity (Wildman–Crippen MR) is 182 cm³/mol. The maximum atomic E-state index is 14.2. The van der Waals surface area contributed by atoms with Crippen LogP contribution in [0.25, 0.3) is 0 Å². The molecule has 0 bridgehead atoms. The zero-order valence-electron chi connectivity index (χ0n) is 27.0. The molecule has 250 valence electrons. The summed E-state index contributed by atoms with van der Waals surface area (Å²) in [4.78, 5) is 42.2. The monoisotopic (exact) mass is 672 g/mol. The second kappa shape index (κ2) is 14.8. The van der Waals surface area contributed by atoms with Gasteiger partial charge in [-0.15, -0.1) is 0 Å². The molecule has 4 unspecified atom stereocenters. The average Bonchev–Trinajstić information content (AvgIpc) is 3.07. The van der Waals surface area contributed by atoms with E-state index in [9.17, 15) is 19.5 Å². The van der Waals surface area contributed by atoms with Crippen LogP contribution in [0.2, 0.25) is 5.02 Å². The van der Waals surface area contributed by atoms with Gasteiger partial charge in [0.25, 0.3) is 0 Å². The summed E-state index contributed by atoms with van der Waals surface area (Å²) in [6.45, 7) is 1.58. The Kier molecular flexibility index (Phi) is 10.6. The molecule has 5 rings (SSSR count). The molecule has 1 aliphatic rings. The lowest BCUT2D eigenvalue weighted by Crippen LogP contribution is -2.56. The second-order valence-electron chi connectivity index (χ2n) is 11.7. The van der Waals surface area contributed by atoms with Crippen molar-refractivity contribution in [3.8, 4) is 23.0 Å². The molecule has 48 heavy (non-hydrogen) atoms. The van der Waals surface area contributed by atoms with Crippen LogP contribution >= 0.6 is 11.6 Å². The minimum atomic E-state index is -1.83. The summed E-state index contributed by atoms with van der Waals surface area (Å²) in [5.41, 5.74) is 0.0600. The smallest absolute Gasteiger partial charge is 0.235 e. The van der Waals surface area contributed by atoms with E-state index in [0.717, 1.165) is 5.56 Å². The fourth-order valence-electron chi connectivity index (χ4n) is 6.19. The summed E-state index contributed by atoms with van der Waals surface area (Å²) in [5.74, 6) is -4.09. The van der Waals surface area contributed by atoms with Gasteiger partial charge in [-0.05, 0) is 55.0 Å². The van der Waals surface area contributed by atoms with Crippen LogP contribution in [-0.4, -0.2) is 49.6 Å². The first-order valence-electron chi connectivity index (χ1n) is 15.2. The Morgan fingerprint density at radius 3 is 1.96 bits per heavy atom. The number of benzene rings is 4. The van der Waals surface area contributed by atoms with Gasteiger partial charge in [-0.25, -0.2) is 0 Å². The highest BCUT2D eigenvalue weighted by atomic mass is 35.5. The summed E-state index contributed by atoms with van der Waals surface area (Å²) < 4.78 is 22.5. The summed E-state index contributed by atoms with van der Waals surface area (Å²) in [7, 11) is 4.40. The number of Topliss-reactive ketones (excluding diaryl/α,β-unsaturated/α-hetero) is 1. The van der Waals surface area contributed by atoms with E-state index in [1.54, 1.807) is 72.8 Å². The molecule has 0 radical (unpaired) electrons. The number of carbonyl (C=O) groups excluding carboxylic acids is 3. The minimum absolute atomic E-state index is 0.153.